The van der Waals surface area contributed by atoms with Gasteiger partial charge in [-0.25, -0.2) is 4.79 Å². The number of rotatable bonds is 0. The third-order valence-corrected chi connectivity index (χ3v) is 1.13. The second-order valence-electron chi connectivity index (χ2n) is 1.99. The average molecular weight is 138 g/mol. The van der Waals surface area contributed by atoms with Crippen molar-refractivity contribution in [1.82, 2.24) is 0 Å². The highest BCUT2D eigenvalue weighted by Gasteiger charge is 2.21. The third-order valence-electron chi connectivity index (χ3n) is 1.13. The van der Waals surface area contributed by atoms with E-state index in [9.17, 15) is 9.59 Å². The van der Waals surface area contributed by atoms with E-state index in [4.69, 9.17) is 0 Å². The molecule has 52 valence electrons. The Hall–Kier alpha value is -1.38. The monoisotopic (exact) mass is 138 g/mol. The fraction of sp³-hybridized carbons (Fsp3) is 0.143. The summed E-state index contributed by atoms with van der Waals surface area (Å²) in [6.45, 7) is 4.79. The molecular formula is C7H6O3. The molecule has 0 radical (unpaired) electrons. The fourth-order valence-electron chi connectivity index (χ4n) is 0.610. The molecule has 3 nitrogen and oxygen atoms in total. The van der Waals surface area contributed by atoms with Gasteiger partial charge >= 0.3 is 5.97 Å². The third kappa shape index (κ3) is 0.978. The molecule has 3 heteroatoms. The summed E-state index contributed by atoms with van der Waals surface area (Å²) >= 11 is 0. The lowest BCUT2D eigenvalue weighted by Crippen LogP contribution is -2.18. The lowest BCUT2D eigenvalue weighted by atomic mass is 10.1. The Kier molecular flexibility index (Phi) is 1.41. The van der Waals surface area contributed by atoms with Gasteiger partial charge in [0, 0.05) is 6.08 Å². The molecule has 0 amide bonds. The molecule has 0 aromatic rings. The molecule has 0 saturated carbocycles. The molecule has 1 aliphatic rings. The van der Waals surface area contributed by atoms with Gasteiger partial charge in [-0.3, -0.25) is 4.79 Å². The first-order valence-electron chi connectivity index (χ1n) is 2.75. The number of carbonyl (C=O) groups is 2. The molecule has 1 heterocycles. The number of ether oxygens (including phenoxy) is 1. The van der Waals surface area contributed by atoms with E-state index in [0.717, 1.165) is 0 Å². The Bertz CT molecular complexity index is 248. The Morgan fingerprint density at radius 1 is 1.50 bits per heavy atom. The molecule has 0 aromatic heterocycles. The van der Waals surface area contributed by atoms with Crippen LogP contribution in [0.4, 0.5) is 0 Å². The molecule has 0 aliphatic carbocycles. The first-order chi connectivity index (χ1) is 4.61. The van der Waals surface area contributed by atoms with Crippen molar-refractivity contribution in [3.05, 3.63) is 24.0 Å². The van der Waals surface area contributed by atoms with Crippen LogP contribution in [0, 0.1) is 0 Å². The zero-order valence-electron chi connectivity index (χ0n) is 5.51. The van der Waals surface area contributed by atoms with Gasteiger partial charge in [-0.15, -0.1) is 0 Å². The van der Waals surface area contributed by atoms with Crippen LogP contribution in [0.25, 0.3) is 0 Å². The summed E-state index contributed by atoms with van der Waals surface area (Å²) in [6, 6.07) is 0. The first kappa shape index (κ1) is 6.74. The topological polar surface area (TPSA) is 43.4 Å². The second-order valence-corrected chi connectivity index (χ2v) is 1.99. The zero-order valence-corrected chi connectivity index (χ0v) is 5.51. The van der Waals surface area contributed by atoms with E-state index in [0.29, 0.717) is 5.76 Å². The van der Waals surface area contributed by atoms with Crippen LogP contribution >= 0.6 is 0 Å². The SMILES string of the molecule is C=C1C(=O)C=C(C)OC1=O. The van der Waals surface area contributed by atoms with Crippen molar-refractivity contribution >= 4 is 11.8 Å². The summed E-state index contributed by atoms with van der Waals surface area (Å²) in [7, 11) is 0. The van der Waals surface area contributed by atoms with Crippen LogP contribution in [0.5, 0.6) is 0 Å². The maximum absolute atomic E-state index is 10.7. The van der Waals surface area contributed by atoms with Crippen LogP contribution < -0.4 is 0 Å². The molecule has 0 fully saturated rings. The maximum Gasteiger partial charge on any atom is 0.346 e. The molecule has 0 saturated heterocycles. The van der Waals surface area contributed by atoms with Crippen LogP contribution in [0.3, 0.4) is 0 Å². The standard InChI is InChI=1S/C7H6O3/c1-4-3-6(8)5(2)7(9)10-4/h3H,2H2,1H3. The van der Waals surface area contributed by atoms with Gasteiger partial charge in [0.2, 0.25) is 0 Å². The summed E-state index contributed by atoms with van der Waals surface area (Å²) < 4.78 is 4.57. The van der Waals surface area contributed by atoms with Gasteiger partial charge in [-0.1, -0.05) is 6.58 Å². The highest BCUT2D eigenvalue weighted by Crippen LogP contribution is 2.10. The molecule has 0 spiro atoms. The highest BCUT2D eigenvalue weighted by molar-refractivity contribution is 6.23. The van der Waals surface area contributed by atoms with Crippen molar-refractivity contribution in [3.8, 4) is 0 Å². The van der Waals surface area contributed by atoms with Crippen molar-refractivity contribution in [2.75, 3.05) is 0 Å². The van der Waals surface area contributed by atoms with Crippen molar-refractivity contribution in [2.45, 2.75) is 6.92 Å². The van der Waals surface area contributed by atoms with E-state index < -0.39 is 5.97 Å². The Labute approximate surface area is 58.0 Å². The zero-order chi connectivity index (χ0) is 7.72. The van der Waals surface area contributed by atoms with Gasteiger partial charge in [0.05, 0.1) is 0 Å². The summed E-state index contributed by atoms with van der Waals surface area (Å²) in [5.74, 6) is -0.693. The number of hydrogen-bond donors (Lipinski definition) is 0. The summed E-state index contributed by atoms with van der Waals surface area (Å²) in [5.41, 5.74) is -0.106. The predicted octanol–water partition coefficient (Wildman–Crippen LogP) is 0.572. The Morgan fingerprint density at radius 3 is 2.60 bits per heavy atom. The minimum atomic E-state index is -0.648. The second kappa shape index (κ2) is 2.10. The average Bonchev–Trinajstić information content (AvgIpc) is 1.82. The van der Waals surface area contributed by atoms with E-state index in [1.807, 2.05) is 0 Å². The van der Waals surface area contributed by atoms with Gasteiger partial charge in [0.15, 0.2) is 5.78 Å². The Balaban J connectivity index is 3.01. The first-order valence-corrected chi connectivity index (χ1v) is 2.75. The van der Waals surface area contributed by atoms with Crippen molar-refractivity contribution < 1.29 is 14.3 Å². The van der Waals surface area contributed by atoms with Crippen molar-refractivity contribution in [1.29, 1.82) is 0 Å². The summed E-state index contributed by atoms with van der Waals surface area (Å²) in [5, 5.41) is 0. The highest BCUT2D eigenvalue weighted by atomic mass is 16.5. The number of esters is 1. The van der Waals surface area contributed by atoms with E-state index in [1.54, 1.807) is 6.92 Å². The van der Waals surface area contributed by atoms with Crippen LogP contribution in [0.15, 0.2) is 24.0 Å². The van der Waals surface area contributed by atoms with Crippen LogP contribution in [0.1, 0.15) is 6.92 Å². The smallest absolute Gasteiger partial charge is 0.346 e. The maximum atomic E-state index is 10.7. The molecular weight excluding hydrogens is 132 g/mol. The van der Waals surface area contributed by atoms with Gasteiger partial charge in [0.25, 0.3) is 0 Å². The van der Waals surface area contributed by atoms with Gasteiger partial charge in [0.1, 0.15) is 11.3 Å². The number of carbonyl (C=O) groups excluding carboxylic acids is 2. The summed E-state index contributed by atoms with van der Waals surface area (Å²) in [6.07, 6.45) is 1.24. The minimum absolute atomic E-state index is 0.106. The Morgan fingerprint density at radius 2 is 2.10 bits per heavy atom. The molecule has 0 atom stereocenters. The molecule has 0 unspecified atom stereocenters. The number of hydrogen-bond acceptors (Lipinski definition) is 3. The van der Waals surface area contributed by atoms with E-state index in [2.05, 4.69) is 11.3 Å². The number of cyclic esters (lactones) is 1. The molecule has 1 aliphatic heterocycles. The molecule has 0 bridgehead atoms. The lowest BCUT2D eigenvalue weighted by molar-refractivity contribution is -0.137. The normalized spacial score (nSPS) is 18.5. The van der Waals surface area contributed by atoms with Crippen LogP contribution in [-0.4, -0.2) is 11.8 Å². The number of allylic oxidation sites excluding steroid dienone is 2. The van der Waals surface area contributed by atoms with Crippen molar-refractivity contribution in [2.24, 2.45) is 0 Å². The van der Waals surface area contributed by atoms with Crippen LogP contribution in [0.2, 0.25) is 0 Å². The molecule has 0 aromatic carbocycles. The number of ketones is 1. The summed E-state index contributed by atoms with van der Waals surface area (Å²) in [4.78, 5) is 21.4. The van der Waals surface area contributed by atoms with E-state index in [-0.39, 0.29) is 11.4 Å². The van der Waals surface area contributed by atoms with Gasteiger partial charge in [-0.2, -0.15) is 0 Å². The molecule has 0 N–H and O–H groups in total. The van der Waals surface area contributed by atoms with Gasteiger partial charge < -0.3 is 4.74 Å². The minimum Gasteiger partial charge on any atom is -0.428 e. The molecule has 10 heavy (non-hydrogen) atoms. The van der Waals surface area contributed by atoms with E-state index >= 15 is 0 Å². The van der Waals surface area contributed by atoms with E-state index in [1.165, 1.54) is 6.08 Å². The van der Waals surface area contributed by atoms with Crippen molar-refractivity contribution in [3.63, 3.8) is 0 Å². The molecule has 1 rings (SSSR count). The lowest BCUT2D eigenvalue weighted by Gasteiger charge is -2.09. The quantitative estimate of drug-likeness (QED) is 0.279. The fourth-order valence-corrected chi connectivity index (χ4v) is 0.610. The predicted molar refractivity (Wildman–Crippen MR) is 34.0 cm³/mol. The van der Waals surface area contributed by atoms with Crippen LogP contribution in [-0.2, 0) is 14.3 Å². The van der Waals surface area contributed by atoms with Gasteiger partial charge in [-0.05, 0) is 6.92 Å². The largest absolute Gasteiger partial charge is 0.428 e.